The number of thioether (sulfide) groups is 1. The molecule has 0 N–H and O–H groups in total. The predicted molar refractivity (Wildman–Crippen MR) is 125 cm³/mol. The summed E-state index contributed by atoms with van der Waals surface area (Å²) < 4.78 is 8.07. The van der Waals surface area contributed by atoms with Crippen LogP contribution in [-0.4, -0.2) is 44.4 Å². The van der Waals surface area contributed by atoms with Gasteiger partial charge in [0.2, 0.25) is 5.91 Å². The van der Waals surface area contributed by atoms with E-state index in [0.29, 0.717) is 30.1 Å². The molecule has 1 amide bonds. The number of rotatable bonds is 9. The third-order valence-electron chi connectivity index (χ3n) is 5.59. The molecule has 7 heteroatoms. The van der Waals surface area contributed by atoms with E-state index in [-0.39, 0.29) is 5.91 Å². The Balaban J connectivity index is 1.63. The van der Waals surface area contributed by atoms with Gasteiger partial charge in [0.25, 0.3) is 0 Å². The van der Waals surface area contributed by atoms with Gasteiger partial charge in [-0.25, -0.2) is 0 Å². The summed E-state index contributed by atoms with van der Waals surface area (Å²) in [5, 5.41) is 9.55. The third-order valence-corrected chi connectivity index (χ3v) is 6.54. The van der Waals surface area contributed by atoms with Crippen molar-refractivity contribution in [2.75, 3.05) is 18.8 Å². The lowest BCUT2D eigenvalue weighted by atomic mass is 9.92. The van der Waals surface area contributed by atoms with Crippen molar-refractivity contribution in [1.82, 2.24) is 19.7 Å². The fourth-order valence-corrected chi connectivity index (χ4v) is 5.00. The molecular formula is C24H36N4O2S. The molecule has 1 aromatic heterocycles. The second-order valence-electron chi connectivity index (χ2n) is 9.22. The normalized spacial score (nSPS) is 19.1. The first-order valence-electron chi connectivity index (χ1n) is 11.4. The van der Waals surface area contributed by atoms with Crippen molar-refractivity contribution in [1.29, 1.82) is 0 Å². The van der Waals surface area contributed by atoms with Gasteiger partial charge >= 0.3 is 0 Å². The Hall–Kier alpha value is -2.02. The molecule has 2 atom stereocenters. The molecule has 3 rings (SSSR count). The highest BCUT2D eigenvalue weighted by Crippen LogP contribution is 2.24. The maximum atomic E-state index is 12.8. The summed E-state index contributed by atoms with van der Waals surface area (Å²) in [6.07, 6.45) is 2.21. The summed E-state index contributed by atoms with van der Waals surface area (Å²) in [6, 6.07) is 8.17. The van der Waals surface area contributed by atoms with Gasteiger partial charge in [0.1, 0.15) is 12.4 Å². The SMILES string of the molecule is CCc1ccc(OCc2nnc(SCC(=O)N3CC(C)CC(C)C3)n2CC(C)C)cc1. The molecule has 0 bridgehead atoms. The van der Waals surface area contributed by atoms with Crippen LogP contribution in [0.25, 0.3) is 0 Å². The molecule has 1 aliphatic rings. The summed E-state index contributed by atoms with van der Waals surface area (Å²) in [5.74, 6) is 3.79. The van der Waals surface area contributed by atoms with Crippen molar-refractivity contribution in [3.05, 3.63) is 35.7 Å². The standard InChI is InChI=1S/C24H36N4O2S/c1-6-20-7-9-21(10-8-20)30-15-22-25-26-24(28(22)12-17(2)3)31-16-23(29)27-13-18(4)11-19(5)14-27/h7-10,17-19H,6,11-16H2,1-5H3. The second kappa shape index (κ2) is 11.0. The molecule has 1 fully saturated rings. The van der Waals surface area contributed by atoms with Gasteiger partial charge in [-0.3, -0.25) is 4.79 Å². The van der Waals surface area contributed by atoms with Gasteiger partial charge in [-0.05, 0) is 48.3 Å². The lowest BCUT2D eigenvalue weighted by Gasteiger charge is -2.35. The Labute approximate surface area is 190 Å². The molecule has 2 unspecified atom stereocenters. The molecular weight excluding hydrogens is 408 g/mol. The Morgan fingerprint density at radius 2 is 1.84 bits per heavy atom. The molecule has 6 nitrogen and oxygen atoms in total. The number of aryl methyl sites for hydroxylation is 1. The molecule has 1 aromatic carbocycles. The van der Waals surface area contributed by atoms with Crippen LogP contribution in [0.4, 0.5) is 0 Å². The van der Waals surface area contributed by atoms with Crippen LogP contribution in [0, 0.1) is 17.8 Å². The van der Waals surface area contributed by atoms with Crippen LogP contribution in [0.3, 0.4) is 0 Å². The second-order valence-corrected chi connectivity index (χ2v) is 10.2. The van der Waals surface area contributed by atoms with Crippen molar-refractivity contribution < 1.29 is 9.53 Å². The summed E-state index contributed by atoms with van der Waals surface area (Å²) in [5.41, 5.74) is 1.29. The number of hydrogen-bond donors (Lipinski definition) is 0. The van der Waals surface area contributed by atoms with Crippen molar-refractivity contribution in [3.63, 3.8) is 0 Å². The number of hydrogen-bond acceptors (Lipinski definition) is 5. The molecule has 0 saturated carbocycles. The lowest BCUT2D eigenvalue weighted by Crippen LogP contribution is -2.43. The maximum Gasteiger partial charge on any atom is 0.233 e. The van der Waals surface area contributed by atoms with Gasteiger partial charge in [0, 0.05) is 19.6 Å². The molecule has 0 aliphatic carbocycles. The molecule has 2 heterocycles. The first kappa shape index (κ1) is 23.6. The number of aromatic nitrogens is 3. The van der Waals surface area contributed by atoms with Crippen molar-refractivity contribution in [3.8, 4) is 5.75 Å². The fraction of sp³-hybridized carbons (Fsp3) is 0.625. The highest BCUT2D eigenvalue weighted by molar-refractivity contribution is 7.99. The van der Waals surface area contributed by atoms with Gasteiger partial charge in [0.15, 0.2) is 11.0 Å². The van der Waals surface area contributed by atoms with Crippen LogP contribution in [0.1, 0.15) is 52.4 Å². The van der Waals surface area contributed by atoms with E-state index in [0.717, 1.165) is 42.8 Å². The fourth-order valence-electron chi connectivity index (χ4n) is 4.13. The lowest BCUT2D eigenvalue weighted by molar-refractivity contribution is -0.130. The zero-order valence-electron chi connectivity index (χ0n) is 19.5. The molecule has 31 heavy (non-hydrogen) atoms. The number of carbonyl (C=O) groups is 1. The summed E-state index contributed by atoms with van der Waals surface area (Å²) in [7, 11) is 0. The Morgan fingerprint density at radius 1 is 1.16 bits per heavy atom. The highest BCUT2D eigenvalue weighted by atomic mass is 32.2. The molecule has 0 spiro atoms. The third kappa shape index (κ3) is 6.73. The highest BCUT2D eigenvalue weighted by Gasteiger charge is 2.26. The van der Waals surface area contributed by atoms with Crippen molar-refractivity contribution >= 4 is 17.7 Å². The zero-order valence-corrected chi connectivity index (χ0v) is 20.3. The molecule has 170 valence electrons. The average molecular weight is 445 g/mol. The van der Waals surface area contributed by atoms with E-state index in [1.165, 1.54) is 23.7 Å². The van der Waals surface area contributed by atoms with Crippen molar-refractivity contribution in [2.24, 2.45) is 17.8 Å². The predicted octanol–water partition coefficient (Wildman–Crippen LogP) is 4.67. The van der Waals surface area contributed by atoms with Gasteiger partial charge in [0.05, 0.1) is 5.75 Å². The zero-order chi connectivity index (χ0) is 22.4. The number of nitrogens with zero attached hydrogens (tertiary/aromatic N) is 4. The van der Waals surface area contributed by atoms with Crippen LogP contribution >= 0.6 is 11.8 Å². The van der Waals surface area contributed by atoms with E-state index in [1.54, 1.807) is 0 Å². The van der Waals surface area contributed by atoms with E-state index in [4.69, 9.17) is 4.74 Å². The number of piperidine rings is 1. The van der Waals surface area contributed by atoms with Crippen LogP contribution in [0.15, 0.2) is 29.4 Å². The minimum Gasteiger partial charge on any atom is -0.486 e. The first-order valence-corrected chi connectivity index (χ1v) is 12.4. The van der Waals surface area contributed by atoms with Gasteiger partial charge in [-0.1, -0.05) is 58.5 Å². The summed E-state index contributed by atoms with van der Waals surface area (Å²) >= 11 is 1.48. The topological polar surface area (TPSA) is 60.3 Å². The Bertz CT molecular complexity index is 840. The molecule has 1 saturated heterocycles. The van der Waals surface area contributed by atoms with Crippen LogP contribution in [0.5, 0.6) is 5.75 Å². The van der Waals surface area contributed by atoms with Crippen LogP contribution in [0.2, 0.25) is 0 Å². The molecule has 1 aliphatic heterocycles. The maximum absolute atomic E-state index is 12.8. The Kier molecular flexibility index (Phi) is 8.41. The minimum atomic E-state index is 0.191. The van der Waals surface area contributed by atoms with E-state index >= 15 is 0 Å². The van der Waals surface area contributed by atoms with Gasteiger partial charge in [-0.2, -0.15) is 0 Å². The van der Waals surface area contributed by atoms with E-state index in [2.05, 4.69) is 61.5 Å². The number of likely N-dealkylation sites (tertiary alicyclic amines) is 1. The van der Waals surface area contributed by atoms with Gasteiger partial charge in [-0.15, -0.1) is 10.2 Å². The average Bonchev–Trinajstić information content (AvgIpc) is 3.11. The number of amides is 1. The van der Waals surface area contributed by atoms with Crippen LogP contribution < -0.4 is 4.74 Å². The largest absolute Gasteiger partial charge is 0.486 e. The van der Waals surface area contributed by atoms with Gasteiger partial charge < -0.3 is 14.2 Å². The smallest absolute Gasteiger partial charge is 0.233 e. The Morgan fingerprint density at radius 3 is 2.45 bits per heavy atom. The minimum absolute atomic E-state index is 0.191. The molecule has 0 radical (unpaired) electrons. The number of carbonyl (C=O) groups excluding carboxylic acids is 1. The first-order chi connectivity index (χ1) is 14.9. The van der Waals surface area contributed by atoms with Crippen molar-refractivity contribution in [2.45, 2.75) is 65.8 Å². The molecule has 2 aromatic rings. The van der Waals surface area contributed by atoms with E-state index in [9.17, 15) is 4.79 Å². The van der Waals surface area contributed by atoms with E-state index < -0.39 is 0 Å². The summed E-state index contributed by atoms with van der Waals surface area (Å²) in [4.78, 5) is 14.8. The van der Waals surface area contributed by atoms with E-state index in [1.807, 2.05) is 17.0 Å². The summed E-state index contributed by atoms with van der Waals surface area (Å²) in [6.45, 7) is 13.8. The number of ether oxygens (including phenoxy) is 1. The number of benzene rings is 1. The quantitative estimate of drug-likeness (QED) is 0.526. The van der Waals surface area contributed by atoms with Crippen LogP contribution in [-0.2, 0) is 24.4 Å². The monoisotopic (exact) mass is 444 g/mol.